The first kappa shape index (κ1) is 20.2. The van der Waals surface area contributed by atoms with Crippen LogP contribution < -0.4 is 4.74 Å². The van der Waals surface area contributed by atoms with Crippen LogP contribution in [-0.2, 0) is 9.53 Å². The standard InChI is InChI=1S/C19H19F3O3S/c1-3-24-15-9-8-12(17(21)18(15)22)13-6-5-7-14(20)19(13)26-11-10-16(23)25-4-2/h5-9H,3-4,10-11H2,1-2H3. The fourth-order valence-corrected chi connectivity index (χ4v) is 3.36. The summed E-state index contributed by atoms with van der Waals surface area (Å²) in [6.45, 7) is 3.83. The lowest BCUT2D eigenvalue weighted by Gasteiger charge is -2.13. The Morgan fingerprint density at radius 1 is 1.00 bits per heavy atom. The number of esters is 1. The zero-order valence-electron chi connectivity index (χ0n) is 14.5. The molecule has 2 aromatic rings. The van der Waals surface area contributed by atoms with Gasteiger partial charge in [0, 0.05) is 16.9 Å². The molecule has 140 valence electrons. The lowest BCUT2D eigenvalue weighted by atomic mass is 10.0. The van der Waals surface area contributed by atoms with Crippen LogP contribution in [0, 0.1) is 17.5 Å². The van der Waals surface area contributed by atoms with Crippen LogP contribution >= 0.6 is 11.8 Å². The van der Waals surface area contributed by atoms with E-state index in [0.717, 1.165) is 11.8 Å². The van der Waals surface area contributed by atoms with Crippen LogP contribution in [0.3, 0.4) is 0 Å². The summed E-state index contributed by atoms with van der Waals surface area (Å²) in [5.74, 6) is -3.11. The summed E-state index contributed by atoms with van der Waals surface area (Å²) in [6.07, 6.45) is 0.0897. The van der Waals surface area contributed by atoms with Crippen molar-refractivity contribution >= 4 is 17.7 Å². The van der Waals surface area contributed by atoms with E-state index < -0.39 is 23.4 Å². The highest BCUT2D eigenvalue weighted by molar-refractivity contribution is 7.99. The molecule has 0 aliphatic carbocycles. The molecule has 0 fully saturated rings. The van der Waals surface area contributed by atoms with Crippen LogP contribution in [0.1, 0.15) is 20.3 Å². The van der Waals surface area contributed by atoms with Crippen molar-refractivity contribution in [3.63, 3.8) is 0 Å². The summed E-state index contributed by atoms with van der Waals surface area (Å²) in [5, 5.41) is 0. The number of halogens is 3. The Hall–Kier alpha value is -2.15. The predicted molar refractivity (Wildman–Crippen MR) is 94.9 cm³/mol. The third kappa shape index (κ3) is 4.72. The van der Waals surface area contributed by atoms with Crippen molar-refractivity contribution in [2.45, 2.75) is 25.2 Å². The number of rotatable bonds is 8. The highest BCUT2D eigenvalue weighted by Crippen LogP contribution is 2.37. The molecule has 7 heteroatoms. The molecule has 0 radical (unpaired) electrons. The van der Waals surface area contributed by atoms with E-state index in [4.69, 9.17) is 9.47 Å². The van der Waals surface area contributed by atoms with Gasteiger partial charge < -0.3 is 9.47 Å². The fraction of sp³-hybridized carbons (Fsp3) is 0.316. The summed E-state index contributed by atoms with van der Waals surface area (Å²) in [4.78, 5) is 11.6. The SMILES string of the molecule is CCOC(=O)CCSc1c(F)cccc1-c1ccc(OCC)c(F)c1F. The van der Waals surface area contributed by atoms with Crippen molar-refractivity contribution in [1.82, 2.24) is 0 Å². The van der Waals surface area contributed by atoms with Gasteiger partial charge in [0.05, 0.1) is 24.5 Å². The van der Waals surface area contributed by atoms with Crippen molar-refractivity contribution in [2.75, 3.05) is 19.0 Å². The van der Waals surface area contributed by atoms with Crippen LogP contribution in [0.25, 0.3) is 11.1 Å². The van der Waals surface area contributed by atoms with E-state index in [1.54, 1.807) is 13.8 Å². The minimum absolute atomic E-state index is 0.0657. The minimum Gasteiger partial charge on any atom is -0.491 e. The molecule has 0 aliphatic heterocycles. The molecule has 0 bridgehead atoms. The molecule has 0 saturated heterocycles. The second-order valence-electron chi connectivity index (χ2n) is 5.19. The summed E-state index contributed by atoms with van der Waals surface area (Å²) >= 11 is 1.06. The third-order valence-electron chi connectivity index (χ3n) is 3.46. The van der Waals surface area contributed by atoms with Gasteiger partial charge in [-0.25, -0.2) is 8.78 Å². The average Bonchev–Trinajstić information content (AvgIpc) is 2.61. The Balaban J connectivity index is 2.31. The van der Waals surface area contributed by atoms with E-state index in [0.29, 0.717) is 0 Å². The van der Waals surface area contributed by atoms with Crippen LogP contribution in [0.5, 0.6) is 5.75 Å². The topological polar surface area (TPSA) is 35.5 Å². The van der Waals surface area contributed by atoms with Crippen LogP contribution in [-0.4, -0.2) is 24.9 Å². The van der Waals surface area contributed by atoms with Crippen LogP contribution in [0.2, 0.25) is 0 Å². The van der Waals surface area contributed by atoms with E-state index in [2.05, 4.69) is 0 Å². The first-order chi connectivity index (χ1) is 12.5. The van der Waals surface area contributed by atoms with Crippen LogP contribution in [0.4, 0.5) is 13.2 Å². The van der Waals surface area contributed by atoms with Gasteiger partial charge in [-0.2, -0.15) is 4.39 Å². The zero-order valence-corrected chi connectivity index (χ0v) is 15.3. The van der Waals surface area contributed by atoms with Gasteiger partial charge in [-0.15, -0.1) is 11.8 Å². The summed E-state index contributed by atoms with van der Waals surface area (Å²) in [5.41, 5.74) is 0.155. The number of carbonyl (C=O) groups excluding carboxylic acids is 1. The maximum absolute atomic E-state index is 14.5. The van der Waals surface area contributed by atoms with E-state index in [-0.39, 0.29) is 47.2 Å². The lowest BCUT2D eigenvalue weighted by Crippen LogP contribution is -2.05. The molecule has 0 aliphatic rings. The van der Waals surface area contributed by atoms with Gasteiger partial charge in [0.2, 0.25) is 5.82 Å². The number of hydrogen-bond donors (Lipinski definition) is 0. The molecule has 0 spiro atoms. The lowest BCUT2D eigenvalue weighted by molar-refractivity contribution is -0.142. The molecule has 26 heavy (non-hydrogen) atoms. The second-order valence-corrected chi connectivity index (χ2v) is 6.30. The van der Waals surface area contributed by atoms with Gasteiger partial charge in [0.1, 0.15) is 5.82 Å². The van der Waals surface area contributed by atoms with Crippen molar-refractivity contribution in [3.8, 4) is 16.9 Å². The average molecular weight is 384 g/mol. The molecule has 0 N–H and O–H groups in total. The van der Waals surface area contributed by atoms with Gasteiger partial charge in [-0.3, -0.25) is 4.79 Å². The smallest absolute Gasteiger partial charge is 0.306 e. The van der Waals surface area contributed by atoms with Crippen LogP contribution in [0.15, 0.2) is 35.2 Å². The van der Waals surface area contributed by atoms with Crippen molar-refractivity contribution in [3.05, 3.63) is 47.8 Å². The maximum atomic E-state index is 14.5. The number of hydrogen-bond acceptors (Lipinski definition) is 4. The first-order valence-corrected chi connectivity index (χ1v) is 9.16. The summed E-state index contributed by atoms with van der Waals surface area (Å²) in [6, 6.07) is 6.84. The Morgan fingerprint density at radius 3 is 2.46 bits per heavy atom. The molecule has 0 atom stereocenters. The normalized spacial score (nSPS) is 10.7. The molecule has 0 unspecified atom stereocenters. The van der Waals surface area contributed by atoms with E-state index >= 15 is 0 Å². The van der Waals surface area contributed by atoms with Gasteiger partial charge >= 0.3 is 5.97 Å². The monoisotopic (exact) mass is 384 g/mol. The Kier molecular flexibility index (Phi) is 7.38. The Morgan fingerprint density at radius 2 is 1.77 bits per heavy atom. The highest BCUT2D eigenvalue weighted by Gasteiger charge is 2.19. The predicted octanol–water partition coefficient (Wildman–Crippen LogP) is 5.21. The van der Waals surface area contributed by atoms with Gasteiger partial charge in [0.15, 0.2) is 11.6 Å². The van der Waals surface area contributed by atoms with E-state index in [1.165, 1.54) is 30.3 Å². The number of thioether (sulfide) groups is 1. The van der Waals surface area contributed by atoms with Gasteiger partial charge in [-0.05, 0) is 32.0 Å². The van der Waals surface area contributed by atoms with E-state index in [1.807, 2.05) is 0 Å². The molecule has 2 rings (SSSR count). The maximum Gasteiger partial charge on any atom is 0.306 e. The number of ether oxygens (including phenoxy) is 2. The van der Waals surface area contributed by atoms with Gasteiger partial charge in [0.25, 0.3) is 0 Å². The number of carbonyl (C=O) groups is 1. The number of benzene rings is 2. The summed E-state index contributed by atoms with van der Waals surface area (Å²) < 4.78 is 52.7. The quantitative estimate of drug-likeness (QED) is 0.462. The molecule has 0 aromatic heterocycles. The molecular formula is C19H19F3O3S. The molecule has 2 aromatic carbocycles. The highest BCUT2D eigenvalue weighted by atomic mass is 32.2. The van der Waals surface area contributed by atoms with Gasteiger partial charge in [-0.1, -0.05) is 12.1 Å². The third-order valence-corrected chi connectivity index (χ3v) is 4.57. The van der Waals surface area contributed by atoms with Crippen molar-refractivity contribution in [2.24, 2.45) is 0 Å². The van der Waals surface area contributed by atoms with Crippen molar-refractivity contribution in [1.29, 1.82) is 0 Å². The Labute approximate surface area is 154 Å². The van der Waals surface area contributed by atoms with Crippen molar-refractivity contribution < 1.29 is 27.4 Å². The molecule has 0 heterocycles. The summed E-state index contributed by atoms with van der Waals surface area (Å²) in [7, 11) is 0. The first-order valence-electron chi connectivity index (χ1n) is 8.17. The molecule has 0 saturated carbocycles. The molecular weight excluding hydrogens is 365 g/mol. The fourth-order valence-electron chi connectivity index (χ4n) is 2.34. The zero-order chi connectivity index (χ0) is 19.1. The largest absolute Gasteiger partial charge is 0.491 e. The second kappa shape index (κ2) is 9.52. The molecule has 3 nitrogen and oxygen atoms in total. The Bertz CT molecular complexity index is 781. The minimum atomic E-state index is -1.11. The van der Waals surface area contributed by atoms with E-state index in [9.17, 15) is 18.0 Å². The molecule has 0 amide bonds.